The molecule has 0 amide bonds. The Bertz CT molecular complexity index is 434. The highest BCUT2D eigenvalue weighted by molar-refractivity contribution is 5.56. The van der Waals surface area contributed by atoms with Crippen LogP contribution in [0.1, 0.15) is 13.3 Å². The van der Waals surface area contributed by atoms with E-state index in [0.717, 1.165) is 0 Å². The molecule has 86 valence electrons. The van der Waals surface area contributed by atoms with Crippen LogP contribution in [0.15, 0.2) is 6.20 Å². The van der Waals surface area contributed by atoms with Crippen molar-refractivity contribution in [3.05, 3.63) is 16.3 Å². The molecule has 7 heteroatoms. The number of aromatic nitrogens is 2. The second-order valence-electron chi connectivity index (χ2n) is 3.59. The Labute approximate surface area is 93.0 Å². The number of rotatable bonds is 4. The standard InChI is InChI=1S/C9H13N5O2/c1-7(4-5-10)13(3)9-8(14(15)16)6-12(2)11-9/h6-7H,4H2,1-3H3. The average Bonchev–Trinajstić information content (AvgIpc) is 2.59. The second kappa shape index (κ2) is 4.61. The Balaban J connectivity index is 3.03. The van der Waals surface area contributed by atoms with Gasteiger partial charge in [-0.2, -0.15) is 5.26 Å². The predicted octanol–water partition coefficient (Wildman–Crippen LogP) is 1.07. The number of nitro groups is 1. The Morgan fingerprint density at radius 2 is 2.44 bits per heavy atom. The largest absolute Gasteiger partial charge is 0.349 e. The molecule has 1 rings (SSSR count). The van der Waals surface area contributed by atoms with Crippen molar-refractivity contribution < 1.29 is 4.92 Å². The van der Waals surface area contributed by atoms with Gasteiger partial charge >= 0.3 is 5.69 Å². The van der Waals surface area contributed by atoms with Gasteiger partial charge in [-0.25, -0.2) is 0 Å². The predicted molar refractivity (Wildman–Crippen MR) is 58.0 cm³/mol. The Kier molecular flexibility index (Phi) is 3.45. The summed E-state index contributed by atoms with van der Waals surface area (Å²) in [5.74, 6) is 0.287. The SMILES string of the molecule is CC(CC#N)N(C)c1nn(C)cc1[N+](=O)[O-]. The van der Waals surface area contributed by atoms with E-state index in [1.807, 2.05) is 13.0 Å². The molecule has 0 bridgehead atoms. The van der Waals surface area contributed by atoms with Gasteiger partial charge in [-0.05, 0) is 6.92 Å². The van der Waals surface area contributed by atoms with Crippen LogP contribution < -0.4 is 4.90 Å². The van der Waals surface area contributed by atoms with Crippen molar-refractivity contribution in [1.82, 2.24) is 9.78 Å². The molecular formula is C9H13N5O2. The van der Waals surface area contributed by atoms with Crippen LogP contribution in [0.4, 0.5) is 11.5 Å². The minimum Gasteiger partial charge on any atom is -0.349 e. The molecule has 16 heavy (non-hydrogen) atoms. The molecule has 0 N–H and O–H groups in total. The van der Waals surface area contributed by atoms with Crippen molar-refractivity contribution in [2.24, 2.45) is 7.05 Å². The molecule has 0 saturated heterocycles. The van der Waals surface area contributed by atoms with Crippen LogP contribution >= 0.6 is 0 Å². The van der Waals surface area contributed by atoms with Crippen molar-refractivity contribution in [3.8, 4) is 6.07 Å². The summed E-state index contributed by atoms with van der Waals surface area (Å²) in [5, 5.41) is 23.4. The quantitative estimate of drug-likeness (QED) is 0.562. The lowest BCUT2D eigenvalue weighted by Gasteiger charge is -2.21. The van der Waals surface area contributed by atoms with Gasteiger partial charge in [0.05, 0.1) is 17.4 Å². The molecule has 1 aromatic rings. The zero-order valence-corrected chi connectivity index (χ0v) is 9.41. The lowest BCUT2D eigenvalue weighted by atomic mass is 10.2. The van der Waals surface area contributed by atoms with Gasteiger partial charge in [0.1, 0.15) is 6.20 Å². The van der Waals surface area contributed by atoms with E-state index in [9.17, 15) is 10.1 Å². The minimum atomic E-state index is -0.474. The van der Waals surface area contributed by atoms with E-state index in [-0.39, 0.29) is 17.5 Å². The third-order valence-electron chi connectivity index (χ3n) is 2.37. The first-order valence-corrected chi connectivity index (χ1v) is 4.75. The molecule has 0 fully saturated rings. The van der Waals surface area contributed by atoms with E-state index in [1.165, 1.54) is 10.9 Å². The normalized spacial score (nSPS) is 11.9. The lowest BCUT2D eigenvalue weighted by molar-refractivity contribution is -0.384. The Morgan fingerprint density at radius 3 is 2.94 bits per heavy atom. The number of hydrogen-bond acceptors (Lipinski definition) is 5. The third kappa shape index (κ3) is 2.28. The van der Waals surface area contributed by atoms with Crippen LogP contribution in [-0.4, -0.2) is 27.8 Å². The second-order valence-corrected chi connectivity index (χ2v) is 3.59. The summed E-state index contributed by atoms with van der Waals surface area (Å²) in [7, 11) is 3.32. The van der Waals surface area contributed by atoms with Crippen LogP contribution in [0.2, 0.25) is 0 Å². The van der Waals surface area contributed by atoms with Crippen molar-refractivity contribution in [2.45, 2.75) is 19.4 Å². The van der Waals surface area contributed by atoms with Gasteiger partial charge in [-0.15, -0.1) is 5.10 Å². The summed E-state index contributed by atoms with van der Waals surface area (Å²) < 4.78 is 1.39. The Hall–Kier alpha value is -2.10. The van der Waals surface area contributed by atoms with Gasteiger partial charge in [0.2, 0.25) is 5.82 Å². The monoisotopic (exact) mass is 223 g/mol. The van der Waals surface area contributed by atoms with Crippen LogP contribution in [0.3, 0.4) is 0 Å². The van der Waals surface area contributed by atoms with Gasteiger partial charge < -0.3 is 4.90 Å². The minimum absolute atomic E-state index is 0.0465. The van der Waals surface area contributed by atoms with Crippen molar-refractivity contribution in [2.75, 3.05) is 11.9 Å². The molecule has 0 aliphatic carbocycles. The zero-order chi connectivity index (χ0) is 12.3. The molecule has 0 aliphatic heterocycles. The van der Waals surface area contributed by atoms with Gasteiger partial charge in [-0.3, -0.25) is 14.8 Å². The summed E-state index contributed by atoms with van der Waals surface area (Å²) >= 11 is 0. The fraction of sp³-hybridized carbons (Fsp3) is 0.556. The van der Waals surface area contributed by atoms with Crippen LogP contribution in [0.5, 0.6) is 0 Å². The van der Waals surface area contributed by atoms with E-state index < -0.39 is 4.92 Å². The number of aryl methyl sites for hydroxylation is 1. The first kappa shape index (κ1) is 12.0. The van der Waals surface area contributed by atoms with Crippen LogP contribution in [-0.2, 0) is 7.05 Å². The maximum Gasteiger partial charge on any atom is 0.330 e. The number of anilines is 1. The zero-order valence-electron chi connectivity index (χ0n) is 9.41. The molecule has 0 aliphatic rings. The summed E-state index contributed by atoms with van der Waals surface area (Å²) in [4.78, 5) is 11.9. The number of hydrogen-bond donors (Lipinski definition) is 0. The molecule has 1 heterocycles. The fourth-order valence-corrected chi connectivity index (χ4v) is 1.32. The molecule has 1 aromatic heterocycles. The summed E-state index contributed by atoms with van der Waals surface area (Å²) in [6.07, 6.45) is 1.65. The van der Waals surface area contributed by atoms with Gasteiger partial charge in [0.25, 0.3) is 0 Å². The molecular weight excluding hydrogens is 210 g/mol. The van der Waals surface area contributed by atoms with Gasteiger partial charge in [0.15, 0.2) is 0 Å². The summed E-state index contributed by atoms with van der Waals surface area (Å²) in [6, 6.07) is 1.92. The maximum atomic E-state index is 10.8. The maximum absolute atomic E-state index is 10.8. The van der Waals surface area contributed by atoms with Crippen molar-refractivity contribution in [3.63, 3.8) is 0 Å². The number of nitriles is 1. The highest BCUT2D eigenvalue weighted by Gasteiger charge is 2.24. The number of nitrogens with zero attached hydrogens (tertiary/aromatic N) is 5. The summed E-state index contributed by atoms with van der Waals surface area (Å²) in [6.45, 7) is 1.82. The highest BCUT2D eigenvalue weighted by Crippen LogP contribution is 2.26. The molecule has 0 spiro atoms. The molecule has 0 aromatic carbocycles. The topological polar surface area (TPSA) is 88.0 Å². The molecule has 0 radical (unpaired) electrons. The van der Waals surface area contributed by atoms with Crippen LogP contribution in [0, 0.1) is 21.4 Å². The summed E-state index contributed by atoms with van der Waals surface area (Å²) in [5.41, 5.74) is -0.0465. The van der Waals surface area contributed by atoms with Crippen molar-refractivity contribution in [1.29, 1.82) is 5.26 Å². The van der Waals surface area contributed by atoms with E-state index in [4.69, 9.17) is 5.26 Å². The third-order valence-corrected chi connectivity index (χ3v) is 2.37. The van der Waals surface area contributed by atoms with E-state index in [1.54, 1.807) is 19.0 Å². The molecule has 1 atom stereocenters. The first-order valence-electron chi connectivity index (χ1n) is 4.75. The van der Waals surface area contributed by atoms with E-state index in [2.05, 4.69) is 5.10 Å². The van der Waals surface area contributed by atoms with Crippen LogP contribution in [0.25, 0.3) is 0 Å². The highest BCUT2D eigenvalue weighted by atomic mass is 16.6. The smallest absolute Gasteiger partial charge is 0.330 e. The lowest BCUT2D eigenvalue weighted by Crippen LogP contribution is -2.29. The first-order chi connectivity index (χ1) is 7.47. The fourth-order valence-electron chi connectivity index (χ4n) is 1.32. The van der Waals surface area contributed by atoms with Gasteiger partial charge in [0, 0.05) is 20.1 Å². The average molecular weight is 223 g/mol. The molecule has 7 nitrogen and oxygen atoms in total. The van der Waals surface area contributed by atoms with E-state index >= 15 is 0 Å². The molecule has 1 unspecified atom stereocenters. The van der Waals surface area contributed by atoms with E-state index in [0.29, 0.717) is 6.42 Å². The molecule has 0 saturated carbocycles. The van der Waals surface area contributed by atoms with Gasteiger partial charge in [-0.1, -0.05) is 0 Å². The Morgan fingerprint density at radius 1 is 1.81 bits per heavy atom. The van der Waals surface area contributed by atoms with Crippen molar-refractivity contribution >= 4 is 11.5 Å².